The lowest BCUT2D eigenvalue weighted by Gasteiger charge is -2.11. The summed E-state index contributed by atoms with van der Waals surface area (Å²) in [5, 5.41) is 9.39. The van der Waals surface area contributed by atoms with Crippen molar-refractivity contribution in [3.8, 4) is 11.5 Å². The zero-order chi connectivity index (χ0) is 20.2. The second-order valence-electron chi connectivity index (χ2n) is 6.36. The number of pyridine rings is 2. The molecule has 3 aromatic heterocycles. The molecule has 0 radical (unpaired) electrons. The molecule has 29 heavy (non-hydrogen) atoms. The SMILES string of the molecule is COc1ccc(CNc2nccc3c(Cl)n(Cc4ccccn4)nc23)c(OC)c1. The van der Waals surface area contributed by atoms with Gasteiger partial charge >= 0.3 is 0 Å². The fourth-order valence-corrected chi connectivity index (χ4v) is 3.33. The zero-order valence-electron chi connectivity index (χ0n) is 16.1. The molecule has 7 nitrogen and oxygen atoms in total. The molecule has 0 amide bonds. The lowest BCUT2D eigenvalue weighted by Crippen LogP contribution is -2.05. The molecule has 8 heteroatoms. The van der Waals surface area contributed by atoms with Crippen molar-refractivity contribution in [1.82, 2.24) is 19.7 Å². The van der Waals surface area contributed by atoms with Crippen LogP contribution in [0.4, 0.5) is 5.82 Å². The van der Waals surface area contributed by atoms with Crippen LogP contribution in [0.3, 0.4) is 0 Å². The van der Waals surface area contributed by atoms with Crippen LogP contribution in [0.15, 0.2) is 54.9 Å². The molecule has 1 aromatic carbocycles. The highest BCUT2D eigenvalue weighted by Crippen LogP contribution is 2.29. The molecule has 0 bridgehead atoms. The minimum absolute atomic E-state index is 0.486. The Morgan fingerprint density at radius 1 is 1.03 bits per heavy atom. The fraction of sp³-hybridized carbons (Fsp3) is 0.190. The number of anilines is 1. The molecule has 4 rings (SSSR count). The van der Waals surface area contributed by atoms with E-state index in [0.717, 1.165) is 28.1 Å². The molecule has 0 spiro atoms. The molecule has 0 aliphatic heterocycles. The molecule has 0 fully saturated rings. The summed E-state index contributed by atoms with van der Waals surface area (Å²) in [6.07, 6.45) is 3.47. The maximum absolute atomic E-state index is 6.56. The van der Waals surface area contributed by atoms with E-state index in [9.17, 15) is 0 Å². The summed E-state index contributed by atoms with van der Waals surface area (Å²) < 4.78 is 12.4. The van der Waals surface area contributed by atoms with Crippen molar-refractivity contribution in [2.24, 2.45) is 0 Å². The summed E-state index contributed by atoms with van der Waals surface area (Å²) in [6.45, 7) is 1.00. The number of hydrogen-bond donors (Lipinski definition) is 1. The number of benzene rings is 1. The Hall–Kier alpha value is -3.32. The average molecular weight is 410 g/mol. The van der Waals surface area contributed by atoms with Crippen molar-refractivity contribution in [2.45, 2.75) is 13.1 Å². The van der Waals surface area contributed by atoms with Crippen LogP contribution in [0.2, 0.25) is 5.15 Å². The summed E-state index contributed by atoms with van der Waals surface area (Å²) in [5.41, 5.74) is 2.57. The van der Waals surface area contributed by atoms with Crippen LogP contribution >= 0.6 is 11.6 Å². The number of nitrogens with zero attached hydrogens (tertiary/aromatic N) is 4. The number of aromatic nitrogens is 4. The van der Waals surface area contributed by atoms with Crippen molar-refractivity contribution in [3.63, 3.8) is 0 Å². The van der Waals surface area contributed by atoms with Gasteiger partial charge in [-0.15, -0.1) is 0 Å². The predicted octanol–water partition coefficient (Wildman–Crippen LogP) is 4.16. The third-order valence-electron chi connectivity index (χ3n) is 4.57. The van der Waals surface area contributed by atoms with Crippen molar-refractivity contribution < 1.29 is 9.47 Å². The molecular formula is C21H20ClN5O2. The van der Waals surface area contributed by atoms with Crippen LogP contribution in [0, 0.1) is 0 Å². The van der Waals surface area contributed by atoms with Gasteiger partial charge < -0.3 is 14.8 Å². The summed E-state index contributed by atoms with van der Waals surface area (Å²) in [6, 6.07) is 13.3. The second kappa shape index (κ2) is 8.36. The molecule has 0 unspecified atom stereocenters. The monoisotopic (exact) mass is 409 g/mol. The maximum atomic E-state index is 6.56. The number of fused-ring (bicyclic) bond motifs is 1. The van der Waals surface area contributed by atoms with E-state index in [0.29, 0.717) is 29.6 Å². The third kappa shape index (κ3) is 3.95. The fourth-order valence-electron chi connectivity index (χ4n) is 3.08. The standard InChI is InChI=1S/C21H20ClN5O2/c1-28-16-7-6-14(18(11-16)29-2)12-25-21-19-17(8-10-24-21)20(22)27(26-19)13-15-5-3-4-9-23-15/h3-11H,12-13H2,1-2H3,(H,24,25). The highest BCUT2D eigenvalue weighted by atomic mass is 35.5. The van der Waals surface area contributed by atoms with E-state index < -0.39 is 0 Å². The van der Waals surface area contributed by atoms with Gasteiger partial charge in [-0.25, -0.2) is 9.67 Å². The van der Waals surface area contributed by atoms with Gasteiger partial charge in [0.25, 0.3) is 0 Å². The van der Waals surface area contributed by atoms with Gasteiger partial charge in [0.15, 0.2) is 5.82 Å². The lowest BCUT2D eigenvalue weighted by atomic mass is 10.2. The molecule has 0 aliphatic rings. The van der Waals surface area contributed by atoms with Crippen molar-refractivity contribution in [1.29, 1.82) is 0 Å². The van der Waals surface area contributed by atoms with Crippen molar-refractivity contribution in [2.75, 3.05) is 19.5 Å². The van der Waals surface area contributed by atoms with Crippen LogP contribution in [-0.4, -0.2) is 34.0 Å². The largest absolute Gasteiger partial charge is 0.497 e. The first kappa shape index (κ1) is 19.0. The molecule has 0 saturated carbocycles. The van der Waals surface area contributed by atoms with E-state index in [1.165, 1.54) is 0 Å². The first-order valence-corrected chi connectivity index (χ1v) is 9.43. The quantitative estimate of drug-likeness (QED) is 0.494. The first-order valence-electron chi connectivity index (χ1n) is 9.05. The van der Waals surface area contributed by atoms with Gasteiger partial charge in [-0.1, -0.05) is 17.7 Å². The van der Waals surface area contributed by atoms with Gasteiger partial charge in [-0.3, -0.25) is 4.98 Å². The first-order chi connectivity index (χ1) is 14.2. The van der Waals surface area contributed by atoms with Crippen LogP contribution in [0.25, 0.3) is 10.9 Å². The Morgan fingerprint density at radius 2 is 1.93 bits per heavy atom. The molecule has 3 heterocycles. The van der Waals surface area contributed by atoms with Crippen molar-refractivity contribution >= 4 is 28.3 Å². The summed E-state index contributed by atoms with van der Waals surface area (Å²) in [4.78, 5) is 8.79. The predicted molar refractivity (Wildman–Crippen MR) is 113 cm³/mol. The number of halogens is 1. The normalized spacial score (nSPS) is 10.9. The van der Waals surface area contributed by atoms with Crippen LogP contribution in [0.1, 0.15) is 11.3 Å². The van der Waals surface area contributed by atoms with Gasteiger partial charge in [-0.05, 0) is 30.3 Å². The van der Waals surface area contributed by atoms with Gasteiger partial charge in [0, 0.05) is 36.0 Å². The van der Waals surface area contributed by atoms with Crippen molar-refractivity contribution in [3.05, 3.63) is 71.3 Å². The van der Waals surface area contributed by atoms with Crippen LogP contribution < -0.4 is 14.8 Å². The summed E-state index contributed by atoms with van der Waals surface area (Å²) in [5.74, 6) is 2.13. The third-order valence-corrected chi connectivity index (χ3v) is 4.97. The smallest absolute Gasteiger partial charge is 0.154 e. The molecule has 1 N–H and O–H groups in total. The topological polar surface area (TPSA) is 74.1 Å². The minimum atomic E-state index is 0.486. The van der Waals surface area contributed by atoms with Gasteiger partial charge in [0.2, 0.25) is 0 Å². The molecule has 0 atom stereocenters. The number of methoxy groups -OCH3 is 2. The molecular weight excluding hydrogens is 390 g/mol. The zero-order valence-corrected chi connectivity index (χ0v) is 16.8. The number of ether oxygens (including phenoxy) is 2. The number of rotatable bonds is 7. The van der Waals surface area contributed by atoms with Gasteiger partial charge in [0.1, 0.15) is 22.2 Å². The minimum Gasteiger partial charge on any atom is -0.497 e. The Balaban J connectivity index is 1.61. The Kier molecular flexibility index (Phi) is 5.48. The highest BCUT2D eigenvalue weighted by molar-refractivity contribution is 6.34. The number of nitrogens with one attached hydrogen (secondary N) is 1. The van der Waals surface area contributed by atoms with E-state index in [-0.39, 0.29) is 0 Å². The summed E-state index contributed by atoms with van der Waals surface area (Å²) in [7, 11) is 3.26. The number of hydrogen-bond acceptors (Lipinski definition) is 6. The Morgan fingerprint density at radius 3 is 2.69 bits per heavy atom. The molecule has 0 aliphatic carbocycles. The Labute approximate surface area is 173 Å². The average Bonchev–Trinajstić information content (AvgIpc) is 3.09. The molecule has 4 aromatic rings. The lowest BCUT2D eigenvalue weighted by molar-refractivity contribution is 0.391. The highest BCUT2D eigenvalue weighted by Gasteiger charge is 2.15. The van der Waals surface area contributed by atoms with Gasteiger partial charge in [0.05, 0.1) is 26.5 Å². The van der Waals surface area contributed by atoms with E-state index in [4.69, 9.17) is 21.1 Å². The van der Waals surface area contributed by atoms with Crippen LogP contribution in [0.5, 0.6) is 11.5 Å². The van der Waals surface area contributed by atoms with E-state index in [2.05, 4.69) is 20.4 Å². The second-order valence-corrected chi connectivity index (χ2v) is 6.71. The van der Waals surface area contributed by atoms with E-state index in [1.54, 1.807) is 31.3 Å². The van der Waals surface area contributed by atoms with Crippen LogP contribution in [-0.2, 0) is 13.1 Å². The maximum Gasteiger partial charge on any atom is 0.154 e. The van der Waals surface area contributed by atoms with Gasteiger partial charge in [-0.2, -0.15) is 5.10 Å². The van der Waals surface area contributed by atoms with E-state index in [1.807, 2.05) is 42.5 Å². The Bertz CT molecular complexity index is 1130. The molecule has 148 valence electrons. The molecule has 0 saturated heterocycles. The van der Waals surface area contributed by atoms with E-state index >= 15 is 0 Å². The summed E-state index contributed by atoms with van der Waals surface area (Å²) >= 11 is 6.56.